The van der Waals surface area contributed by atoms with Gasteiger partial charge in [0.15, 0.2) is 5.75 Å². The number of hydrogen-bond acceptors (Lipinski definition) is 3. The van der Waals surface area contributed by atoms with Gasteiger partial charge >= 0.3 is 0 Å². The third kappa shape index (κ3) is 1.44. The highest BCUT2D eigenvalue weighted by Gasteiger charge is 2.06. The van der Waals surface area contributed by atoms with Crippen molar-refractivity contribution in [3.63, 3.8) is 0 Å². The summed E-state index contributed by atoms with van der Waals surface area (Å²) < 4.78 is 5.30. The van der Waals surface area contributed by atoms with Gasteiger partial charge in [0.1, 0.15) is 0 Å². The number of nitrogen functional groups attached to an aromatic ring is 2. The second-order valence-electron chi connectivity index (χ2n) is 2.65. The minimum atomic E-state index is 0.581. The maximum atomic E-state index is 5.76. The number of anilines is 2. The standard InChI is InChI=1S/C9H14N2O/c1-3-12-9-7(10)5-4-6(2)8(9)11/h4-5H,3,10-11H2,1-2H3. The monoisotopic (exact) mass is 166 g/mol. The molecule has 0 saturated carbocycles. The van der Waals surface area contributed by atoms with Crippen LogP contribution in [0.1, 0.15) is 12.5 Å². The van der Waals surface area contributed by atoms with Crippen LogP contribution in [0.25, 0.3) is 0 Å². The molecular formula is C9H14N2O. The van der Waals surface area contributed by atoms with Crippen molar-refractivity contribution in [1.29, 1.82) is 0 Å². The van der Waals surface area contributed by atoms with Gasteiger partial charge in [-0.1, -0.05) is 6.07 Å². The molecule has 12 heavy (non-hydrogen) atoms. The minimum Gasteiger partial charge on any atom is -0.490 e. The van der Waals surface area contributed by atoms with Gasteiger partial charge in [-0.3, -0.25) is 0 Å². The molecule has 0 spiro atoms. The lowest BCUT2D eigenvalue weighted by Crippen LogP contribution is -2.02. The van der Waals surface area contributed by atoms with E-state index in [0.717, 1.165) is 5.56 Å². The molecule has 0 aliphatic carbocycles. The quantitative estimate of drug-likeness (QED) is 0.655. The van der Waals surface area contributed by atoms with E-state index in [2.05, 4.69) is 0 Å². The van der Waals surface area contributed by atoms with Crippen molar-refractivity contribution in [2.45, 2.75) is 13.8 Å². The topological polar surface area (TPSA) is 61.3 Å². The van der Waals surface area contributed by atoms with Crippen LogP contribution in [0.15, 0.2) is 12.1 Å². The van der Waals surface area contributed by atoms with Gasteiger partial charge in [-0.2, -0.15) is 0 Å². The van der Waals surface area contributed by atoms with Crippen molar-refractivity contribution < 1.29 is 4.74 Å². The SMILES string of the molecule is CCOc1c(N)ccc(C)c1N. The second kappa shape index (κ2) is 3.34. The predicted molar refractivity (Wildman–Crippen MR) is 51.2 cm³/mol. The van der Waals surface area contributed by atoms with Gasteiger partial charge in [-0.15, -0.1) is 0 Å². The van der Waals surface area contributed by atoms with Crippen LogP contribution >= 0.6 is 0 Å². The van der Waals surface area contributed by atoms with Crippen molar-refractivity contribution >= 4 is 11.4 Å². The van der Waals surface area contributed by atoms with Crippen LogP contribution in [0.4, 0.5) is 11.4 Å². The van der Waals surface area contributed by atoms with Crippen LogP contribution in [0.5, 0.6) is 5.75 Å². The third-order valence-electron chi connectivity index (χ3n) is 1.73. The highest BCUT2D eigenvalue weighted by molar-refractivity contribution is 5.70. The average Bonchev–Trinajstić information content (AvgIpc) is 2.06. The Morgan fingerprint density at radius 2 is 2.00 bits per heavy atom. The molecule has 0 bridgehead atoms. The van der Waals surface area contributed by atoms with Gasteiger partial charge in [0.2, 0.25) is 0 Å². The zero-order valence-corrected chi connectivity index (χ0v) is 7.42. The number of ether oxygens (including phenoxy) is 1. The summed E-state index contributed by atoms with van der Waals surface area (Å²) >= 11 is 0. The summed E-state index contributed by atoms with van der Waals surface area (Å²) in [6, 6.07) is 3.68. The normalized spacial score (nSPS) is 9.83. The molecule has 1 aromatic rings. The van der Waals surface area contributed by atoms with Crippen LogP contribution in [-0.2, 0) is 0 Å². The molecule has 0 aliphatic rings. The maximum absolute atomic E-state index is 5.76. The van der Waals surface area contributed by atoms with Gasteiger partial charge < -0.3 is 16.2 Å². The van der Waals surface area contributed by atoms with E-state index >= 15 is 0 Å². The lowest BCUT2D eigenvalue weighted by atomic mass is 10.1. The molecule has 66 valence electrons. The van der Waals surface area contributed by atoms with Crippen LogP contribution < -0.4 is 16.2 Å². The van der Waals surface area contributed by atoms with Crippen molar-refractivity contribution in [3.8, 4) is 5.75 Å². The highest BCUT2D eigenvalue weighted by Crippen LogP contribution is 2.31. The summed E-state index contributed by atoms with van der Waals surface area (Å²) in [5, 5.41) is 0. The summed E-state index contributed by atoms with van der Waals surface area (Å²) in [5.41, 5.74) is 13.7. The number of aryl methyl sites for hydroxylation is 1. The first kappa shape index (κ1) is 8.71. The summed E-state index contributed by atoms with van der Waals surface area (Å²) in [5.74, 6) is 0.609. The van der Waals surface area contributed by atoms with Crippen molar-refractivity contribution in [2.75, 3.05) is 18.1 Å². The van der Waals surface area contributed by atoms with Gasteiger partial charge in [0.05, 0.1) is 18.0 Å². The smallest absolute Gasteiger partial charge is 0.165 e. The fourth-order valence-corrected chi connectivity index (χ4v) is 1.02. The van der Waals surface area contributed by atoms with Gasteiger partial charge in [0, 0.05) is 0 Å². The fraction of sp³-hybridized carbons (Fsp3) is 0.333. The molecule has 3 heteroatoms. The molecule has 0 fully saturated rings. The van der Waals surface area contributed by atoms with E-state index in [0.29, 0.717) is 23.7 Å². The zero-order valence-electron chi connectivity index (χ0n) is 7.42. The van der Waals surface area contributed by atoms with E-state index in [1.54, 1.807) is 6.07 Å². The van der Waals surface area contributed by atoms with Gasteiger partial charge in [-0.05, 0) is 25.5 Å². The molecule has 0 saturated heterocycles. The summed E-state index contributed by atoms with van der Waals surface area (Å²) in [7, 11) is 0. The number of rotatable bonds is 2. The molecule has 0 atom stereocenters. The largest absolute Gasteiger partial charge is 0.490 e. The van der Waals surface area contributed by atoms with E-state index < -0.39 is 0 Å². The zero-order chi connectivity index (χ0) is 9.14. The molecule has 0 amide bonds. The first-order chi connectivity index (χ1) is 5.66. The molecular weight excluding hydrogens is 152 g/mol. The van der Waals surface area contributed by atoms with Crippen LogP contribution in [0.2, 0.25) is 0 Å². The Kier molecular flexibility index (Phi) is 2.43. The van der Waals surface area contributed by atoms with E-state index in [1.807, 2.05) is 19.9 Å². The molecule has 1 rings (SSSR count). The van der Waals surface area contributed by atoms with Crippen LogP contribution in [-0.4, -0.2) is 6.61 Å². The van der Waals surface area contributed by atoms with Gasteiger partial charge in [-0.25, -0.2) is 0 Å². The number of benzene rings is 1. The average molecular weight is 166 g/mol. The molecule has 0 radical (unpaired) electrons. The first-order valence-electron chi connectivity index (χ1n) is 3.94. The molecule has 1 aromatic carbocycles. The highest BCUT2D eigenvalue weighted by atomic mass is 16.5. The Morgan fingerprint density at radius 3 is 2.58 bits per heavy atom. The molecule has 3 nitrogen and oxygen atoms in total. The second-order valence-corrected chi connectivity index (χ2v) is 2.65. The molecule has 0 aliphatic heterocycles. The Bertz CT molecular complexity index is 284. The molecule has 0 heterocycles. The number of hydrogen-bond donors (Lipinski definition) is 2. The first-order valence-corrected chi connectivity index (χ1v) is 3.94. The summed E-state index contributed by atoms with van der Waals surface area (Å²) in [6.45, 7) is 4.41. The summed E-state index contributed by atoms with van der Waals surface area (Å²) in [4.78, 5) is 0. The van der Waals surface area contributed by atoms with Crippen LogP contribution in [0, 0.1) is 6.92 Å². The Labute approximate surface area is 72.3 Å². The Hall–Kier alpha value is -1.38. The maximum Gasteiger partial charge on any atom is 0.165 e. The Balaban J connectivity index is 3.14. The Morgan fingerprint density at radius 1 is 1.33 bits per heavy atom. The minimum absolute atomic E-state index is 0.581. The van der Waals surface area contributed by atoms with Crippen molar-refractivity contribution in [3.05, 3.63) is 17.7 Å². The van der Waals surface area contributed by atoms with Crippen molar-refractivity contribution in [1.82, 2.24) is 0 Å². The van der Waals surface area contributed by atoms with E-state index in [1.165, 1.54) is 0 Å². The molecule has 0 aromatic heterocycles. The van der Waals surface area contributed by atoms with Crippen molar-refractivity contribution in [2.24, 2.45) is 0 Å². The molecule has 0 unspecified atom stereocenters. The van der Waals surface area contributed by atoms with Crippen LogP contribution in [0.3, 0.4) is 0 Å². The summed E-state index contributed by atoms with van der Waals surface area (Å²) in [6.07, 6.45) is 0. The lowest BCUT2D eigenvalue weighted by Gasteiger charge is -2.11. The van der Waals surface area contributed by atoms with Gasteiger partial charge in [0.25, 0.3) is 0 Å². The third-order valence-corrected chi connectivity index (χ3v) is 1.73. The predicted octanol–water partition coefficient (Wildman–Crippen LogP) is 1.56. The van der Waals surface area contributed by atoms with E-state index in [9.17, 15) is 0 Å². The lowest BCUT2D eigenvalue weighted by molar-refractivity contribution is 0.343. The van der Waals surface area contributed by atoms with E-state index in [-0.39, 0.29) is 0 Å². The van der Waals surface area contributed by atoms with E-state index in [4.69, 9.17) is 16.2 Å². The molecule has 4 N–H and O–H groups in total. The number of nitrogens with two attached hydrogens (primary N) is 2. The fourth-order valence-electron chi connectivity index (χ4n) is 1.02.